The highest BCUT2D eigenvalue weighted by atomic mass is 31.2. The number of esters is 4. The molecular weight excluding hydrogens is 1310 g/mol. The van der Waals surface area contributed by atoms with Crippen molar-refractivity contribution in [3.63, 3.8) is 0 Å². The first kappa shape index (κ1) is 98.1. The molecule has 0 rings (SSSR count). The topological polar surface area (TPSA) is 237 Å². The molecule has 19 heteroatoms. The first-order valence-corrected chi connectivity index (χ1v) is 45.0. The fourth-order valence-corrected chi connectivity index (χ4v) is 14.1. The zero-order valence-electron chi connectivity index (χ0n) is 65.5. The van der Waals surface area contributed by atoms with Crippen LogP contribution in [0.4, 0.5) is 0 Å². The van der Waals surface area contributed by atoms with Gasteiger partial charge >= 0.3 is 39.5 Å². The number of unbranched alkanes of at least 4 members (excludes halogenated alkanes) is 50. The summed E-state index contributed by atoms with van der Waals surface area (Å²) in [6.45, 7) is 9.69. The molecule has 0 aliphatic heterocycles. The van der Waals surface area contributed by atoms with Crippen LogP contribution in [0.15, 0.2) is 0 Å². The number of hydrogen-bond donors (Lipinski definition) is 3. The SMILES string of the molecule is CCCCCCCCCCCCCCCCC(=O)O[C@H](COC(=O)CCCCCCCCCCCCCCC)COP(=O)(O)OC[C@H](O)COP(=O)(O)OC[C@@H](COC(=O)CCCCCCCCCCCCCCCC(C)C)OC(=O)CCCCCCCCCCCCCCCCC(C)C. The van der Waals surface area contributed by atoms with Crippen molar-refractivity contribution < 1.29 is 80.2 Å². The Morgan fingerprint density at radius 2 is 0.460 bits per heavy atom. The lowest BCUT2D eigenvalue weighted by atomic mass is 10.0. The van der Waals surface area contributed by atoms with E-state index in [9.17, 15) is 43.2 Å². The van der Waals surface area contributed by atoms with Crippen LogP contribution < -0.4 is 0 Å². The molecule has 0 aliphatic carbocycles. The molecule has 0 bridgehead atoms. The molecule has 2 unspecified atom stereocenters. The van der Waals surface area contributed by atoms with Crippen molar-refractivity contribution in [2.45, 2.75) is 445 Å². The Kier molecular flexibility index (Phi) is 71.2. The van der Waals surface area contributed by atoms with Crippen LogP contribution in [0, 0.1) is 11.8 Å². The number of carbonyl (C=O) groups excluding carboxylic acids is 4. The number of aliphatic hydroxyl groups is 1. The third-order valence-electron chi connectivity index (χ3n) is 19.0. The van der Waals surface area contributed by atoms with Crippen molar-refractivity contribution in [1.29, 1.82) is 0 Å². The number of rotatable bonds is 80. The lowest BCUT2D eigenvalue weighted by molar-refractivity contribution is -0.161. The Balaban J connectivity index is 5.27. The Labute approximate surface area is 613 Å². The maximum Gasteiger partial charge on any atom is 0.472 e. The maximum atomic E-state index is 13.1. The largest absolute Gasteiger partial charge is 0.472 e. The summed E-state index contributed by atoms with van der Waals surface area (Å²) in [7, 11) is -9.92. The Bertz CT molecular complexity index is 1920. The van der Waals surface area contributed by atoms with Crippen molar-refractivity contribution in [2.24, 2.45) is 11.8 Å². The predicted octanol–water partition coefficient (Wildman–Crippen LogP) is 24.3. The monoisotopic (exact) mass is 1470 g/mol. The summed E-state index contributed by atoms with van der Waals surface area (Å²) in [4.78, 5) is 73.1. The molecule has 594 valence electrons. The summed E-state index contributed by atoms with van der Waals surface area (Å²) in [5.41, 5.74) is 0. The molecule has 0 aromatic heterocycles. The van der Waals surface area contributed by atoms with Gasteiger partial charge in [-0.05, 0) is 37.5 Å². The first-order chi connectivity index (χ1) is 48.4. The van der Waals surface area contributed by atoms with Gasteiger partial charge in [-0.3, -0.25) is 37.3 Å². The molecule has 17 nitrogen and oxygen atoms in total. The van der Waals surface area contributed by atoms with Crippen LogP contribution in [-0.4, -0.2) is 96.7 Å². The molecule has 0 amide bonds. The van der Waals surface area contributed by atoms with Gasteiger partial charge in [-0.15, -0.1) is 0 Å². The highest BCUT2D eigenvalue weighted by Gasteiger charge is 2.30. The van der Waals surface area contributed by atoms with Crippen LogP contribution in [0.25, 0.3) is 0 Å². The molecule has 0 spiro atoms. The zero-order valence-corrected chi connectivity index (χ0v) is 67.3. The summed E-state index contributed by atoms with van der Waals surface area (Å²) in [6, 6.07) is 0. The molecule has 0 fully saturated rings. The summed E-state index contributed by atoms with van der Waals surface area (Å²) >= 11 is 0. The fourth-order valence-electron chi connectivity index (χ4n) is 12.5. The van der Waals surface area contributed by atoms with Gasteiger partial charge in [0.15, 0.2) is 12.2 Å². The Morgan fingerprint density at radius 1 is 0.270 bits per heavy atom. The van der Waals surface area contributed by atoms with Gasteiger partial charge in [0.05, 0.1) is 26.4 Å². The summed E-state index contributed by atoms with van der Waals surface area (Å²) in [6.07, 6.45) is 62.2. The molecule has 5 atom stereocenters. The number of carbonyl (C=O) groups is 4. The number of phosphoric ester groups is 2. The Morgan fingerprint density at radius 3 is 0.680 bits per heavy atom. The minimum atomic E-state index is -4.96. The normalized spacial score (nSPS) is 13.9. The third kappa shape index (κ3) is 74.3. The molecule has 0 saturated heterocycles. The van der Waals surface area contributed by atoms with E-state index in [1.807, 2.05) is 0 Å². The highest BCUT2D eigenvalue weighted by Crippen LogP contribution is 2.45. The van der Waals surface area contributed by atoms with Crippen molar-refractivity contribution in [3.8, 4) is 0 Å². The lowest BCUT2D eigenvalue weighted by Crippen LogP contribution is -2.30. The average molecular weight is 1470 g/mol. The van der Waals surface area contributed by atoms with Crippen LogP contribution in [-0.2, 0) is 65.4 Å². The lowest BCUT2D eigenvalue weighted by Gasteiger charge is -2.21. The smallest absolute Gasteiger partial charge is 0.462 e. The molecule has 100 heavy (non-hydrogen) atoms. The maximum absolute atomic E-state index is 13.1. The molecular formula is C81H158O17P2. The van der Waals surface area contributed by atoms with Crippen molar-refractivity contribution in [2.75, 3.05) is 39.6 Å². The highest BCUT2D eigenvalue weighted by molar-refractivity contribution is 7.47. The number of phosphoric acid groups is 2. The summed E-state index contributed by atoms with van der Waals surface area (Å²) < 4.78 is 68.8. The molecule has 0 aromatic rings. The van der Waals surface area contributed by atoms with Crippen LogP contribution in [0.5, 0.6) is 0 Å². The van der Waals surface area contributed by atoms with Gasteiger partial charge in [0.1, 0.15) is 19.3 Å². The van der Waals surface area contributed by atoms with E-state index in [4.69, 9.17) is 37.0 Å². The molecule has 0 aliphatic rings. The predicted molar refractivity (Wildman–Crippen MR) is 409 cm³/mol. The van der Waals surface area contributed by atoms with E-state index in [0.717, 1.165) is 102 Å². The molecule has 0 heterocycles. The second-order valence-electron chi connectivity index (χ2n) is 30.1. The van der Waals surface area contributed by atoms with Gasteiger partial charge in [-0.1, -0.05) is 375 Å². The fraction of sp³-hybridized carbons (Fsp3) is 0.951. The van der Waals surface area contributed by atoms with Crippen LogP contribution >= 0.6 is 15.6 Å². The van der Waals surface area contributed by atoms with E-state index >= 15 is 0 Å². The van der Waals surface area contributed by atoms with E-state index in [-0.39, 0.29) is 25.7 Å². The molecule has 0 saturated carbocycles. The van der Waals surface area contributed by atoms with Gasteiger partial charge < -0.3 is 33.8 Å². The van der Waals surface area contributed by atoms with E-state index in [1.54, 1.807) is 0 Å². The summed E-state index contributed by atoms with van der Waals surface area (Å²) in [5.74, 6) is -0.519. The third-order valence-corrected chi connectivity index (χ3v) is 20.9. The van der Waals surface area contributed by atoms with Crippen LogP contribution in [0.1, 0.15) is 427 Å². The van der Waals surface area contributed by atoms with Crippen molar-refractivity contribution >= 4 is 39.5 Å². The Hall–Kier alpha value is -1.94. The van der Waals surface area contributed by atoms with Gasteiger partial charge in [0.25, 0.3) is 0 Å². The van der Waals surface area contributed by atoms with Crippen LogP contribution in [0.3, 0.4) is 0 Å². The van der Waals surface area contributed by atoms with Gasteiger partial charge in [-0.2, -0.15) is 0 Å². The number of hydrogen-bond acceptors (Lipinski definition) is 15. The number of aliphatic hydroxyl groups excluding tert-OH is 1. The molecule has 0 radical (unpaired) electrons. The second kappa shape index (κ2) is 72.6. The van der Waals surface area contributed by atoms with E-state index in [0.29, 0.717) is 25.7 Å². The van der Waals surface area contributed by atoms with Crippen LogP contribution in [0.2, 0.25) is 0 Å². The second-order valence-corrected chi connectivity index (χ2v) is 33.0. The van der Waals surface area contributed by atoms with E-state index in [1.165, 1.54) is 244 Å². The van der Waals surface area contributed by atoms with Gasteiger partial charge in [0.2, 0.25) is 0 Å². The van der Waals surface area contributed by atoms with E-state index in [2.05, 4.69) is 41.5 Å². The van der Waals surface area contributed by atoms with Crippen molar-refractivity contribution in [1.82, 2.24) is 0 Å². The van der Waals surface area contributed by atoms with Gasteiger partial charge in [0, 0.05) is 25.7 Å². The average Bonchev–Trinajstić information content (AvgIpc) is 1.52. The van der Waals surface area contributed by atoms with E-state index < -0.39 is 97.5 Å². The minimum Gasteiger partial charge on any atom is -0.462 e. The summed E-state index contributed by atoms with van der Waals surface area (Å²) in [5, 5.41) is 10.6. The standard InChI is InChI=1S/C81H158O17P2/c1-7-9-11-13-15-17-19-21-28-35-41-47-53-59-65-80(85)97-76(69-91-78(83)63-57-51-45-39-33-25-20-18-16-14-12-10-8-2)71-95-99(87,88)93-67-75(82)68-94-100(89,90)96-72-77(70-92-79(84)64-58-52-46-40-34-30-24-27-32-38-44-50-56-62-74(5)6)98-81(86)66-60-54-48-42-36-29-23-22-26-31-37-43-49-55-61-73(3)4/h73-77,82H,7-72H2,1-6H3,(H,87,88)(H,89,90)/t75-,76+,77+/m0/s1. The molecule has 0 aromatic carbocycles. The number of ether oxygens (including phenoxy) is 4. The van der Waals surface area contributed by atoms with Gasteiger partial charge in [-0.25, -0.2) is 9.13 Å². The van der Waals surface area contributed by atoms with Crippen molar-refractivity contribution in [3.05, 3.63) is 0 Å². The quantitative estimate of drug-likeness (QED) is 0.0222. The minimum absolute atomic E-state index is 0.108. The first-order valence-electron chi connectivity index (χ1n) is 42.0. The molecule has 3 N–H and O–H groups in total. The zero-order chi connectivity index (χ0) is 73.5.